The van der Waals surface area contributed by atoms with Crippen LogP contribution in [0.4, 0.5) is 0 Å². The van der Waals surface area contributed by atoms with Crippen molar-refractivity contribution in [3.8, 4) is 0 Å². The van der Waals surface area contributed by atoms with Crippen molar-refractivity contribution in [3.63, 3.8) is 0 Å². The molecule has 0 unspecified atom stereocenters. The largest absolute Gasteiger partial charge is 0.480 e. The maximum Gasteiger partial charge on any atom is 0.328 e. The molecule has 0 saturated carbocycles. The van der Waals surface area contributed by atoms with Crippen LogP contribution in [-0.4, -0.2) is 36.7 Å². The minimum atomic E-state index is -1.07. The van der Waals surface area contributed by atoms with Gasteiger partial charge < -0.3 is 15.2 Å². The van der Waals surface area contributed by atoms with Gasteiger partial charge in [0.1, 0.15) is 0 Å². The molecule has 0 aliphatic rings. The van der Waals surface area contributed by atoms with Crippen LogP contribution in [0.15, 0.2) is 0 Å². The number of hydrogen-bond acceptors (Lipinski definition) is 3. The van der Waals surface area contributed by atoms with Gasteiger partial charge in [-0.3, -0.25) is 4.79 Å². The zero-order valence-electron chi connectivity index (χ0n) is 8.58. The van der Waals surface area contributed by atoms with Gasteiger partial charge in [-0.05, 0) is 6.42 Å². The first-order valence-electron chi connectivity index (χ1n) is 4.63. The van der Waals surface area contributed by atoms with E-state index < -0.39 is 12.0 Å². The van der Waals surface area contributed by atoms with Gasteiger partial charge >= 0.3 is 5.97 Å². The van der Waals surface area contributed by atoms with Gasteiger partial charge in [0.2, 0.25) is 5.91 Å². The number of carboxylic acids is 1. The first-order chi connectivity index (χ1) is 6.61. The molecule has 0 aromatic heterocycles. The number of aliphatic carboxylic acids is 1. The Morgan fingerprint density at radius 2 is 2.14 bits per heavy atom. The quantitative estimate of drug-likeness (QED) is 0.627. The molecule has 0 spiro atoms. The van der Waals surface area contributed by atoms with Gasteiger partial charge in [0.15, 0.2) is 6.04 Å². The van der Waals surface area contributed by atoms with E-state index in [9.17, 15) is 9.59 Å². The molecule has 0 radical (unpaired) electrons. The standard InChI is InChI=1S/C9H17NO4/c1-3-4-5-8(11)10-7(6-14-2)9(12)13/h7H,3-6H2,1-2H3,(H,10,11)(H,12,13)/t7-/m0/s1. The van der Waals surface area contributed by atoms with Crippen LogP contribution >= 0.6 is 0 Å². The Morgan fingerprint density at radius 1 is 1.50 bits per heavy atom. The molecule has 0 rings (SSSR count). The van der Waals surface area contributed by atoms with Crippen LogP contribution in [0.1, 0.15) is 26.2 Å². The fourth-order valence-corrected chi connectivity index (χ4v) is 0.945. The zero-order valence-corrected chi connectivity index (χ0v) is 8.58. The summed E-state index contributed by atoms with van der Waals surface area (Å²) in [5.41, 5.74) is 0. The predicted octanol–water partition coefficient (Wildman–Crippen LogP) is 0.392. The molecule has 5 nitrogen and oxygen atoms in total. The summed E-state index contributed by atoms with van der Waals surface area (Å²) in [6.07, 6.45) is 2.05. The summed E-state index contributed by atoms with van der Waals surface area (Å²) >= 11 is 0. The third kappa shape index (κ3) is 5.53. The van der Waals surface area contributed by atoms with Crippen LogP contribution in [0.2, 0.25) is 0 Å². The Morgan fingerprint density at radius 3 is 2.57 bits per heavy atom. The summed E-state index contributed by atoms with van der Waals surface area (Å²) in [5.74, 6) is -1.31. The molecule has 0 aliphatic heterocycles. The number of methoxy groups -OCH3 is 1. The molecule has 0 heterocycles. The van der Waals surface area contributed by atoms with E-state index >= 15 is 0 Å². The SMILES string of the molecule is CCCCC(=O)N[C@@H](COC)C(=O)O. The first-order valence-corrected chi connectivity index (χ1v) is 4.63. The number of ether oxygens (including phenoxy) is 1. The maximum atomic E-state index is 11.2. The van der Waals surface area contributed by atoms with Crippen molar-refractivity contribution in [1.29, 1.82) is 0 Å². The van der Waals surface area contributed by atoms with Gasteiger partial charge in [0.05, 0.1) is 6.61 Å². The van der Waals surface area contributed by atoms with E-state index in [4.69, 9.17) is 5.11 Å². The number of carboxylic acid groups (broad SMARTS) is 1. The van der Waals surface area contributed by atoms with Crippen LogP contribution in [0.3, 0.4) is 0 Å². The predicted molar refractivity (Wildman–Crippen MR) is 51.0 cm³/mol. The van der Waals surface area contributed by atoms with Crippen molar-refractivity contribution in [1.82, 2.24) is 5.32 Å². The van der Waals surface area contributed by atoms with Gasteiger partial charge in [-0.1, -0.05) is 13.3 Å². The lowest BCUT2D eigenvalue weighted by atomic mass is 10.2. The summed E-state index contributed by atoms with van der Waals surface area (Å²) in [5, 5.41) is 11.1. The van der Waals surface area contributed by atoms with Crippen molar-refractivity contribution in [2.24, 2.45) is 0 Å². The van der Waals surface area contributed by atoms with Crippen LogP contribution in [-0.2, 0) is 14.3 Å². The second kappa shape index (κ2) is 7.32. The van der Waals surface area contributed by atoms with Crippen LogP contribution in [0.25, 0.3) is 0 Å². The fourth-order valence-electron chi connectivity index (χ4n) is 0.945. The molecule has 0 bridgehead atoms. The molecule has 0 aromatic rings. The van der Waals surface area contributed by atoms with E-state index in [0.29, 0.717) is 6.42 Å². The van der Waals surface area contributed by atoms with Crippen LogP contribution in [0.5, 0.6) is 0 Å². The van der Waals surface area contributed by atoms with Crippen LogP contribution < -0.4 is 5.32 Å². The van der Waals surface area contributed by atoms with E-state index in [1.54, 1.807) is 0 Å². The highest BCUT2D eigenvalue weighted by Gasteiger charge is 2.18. The second-order valence-electron chi connectivity index (χ2n) is 3.02. The fraction of sp³-hybridized carbons (Fsp3) is 0.778. The normalized spacial score (nSPS) is 12.1. The lowest BCUT2D eigenvalue weighted by molar-refractivity contribution is -0.143. The summed E-state index contributed by atoms with van der Waals surface area (Å²) in [6, 6.07) is -0.940. The minimum absolute atomic E-state index is 0.00675. The molecule has 14 heavy (non-hydrogen) atoms. The van der Waals surface area contributed by atoms with Gasteiger partial charge in [0, 0.05) is 13.5 Å². The highest BCUT2D eigenvalue weighted by Crippen LogP contribution is 1.95. The average molecular weight is 203 g/mol. The average Bonchev–Trinajstić information content (AvgIpc) is 2.14. The number of hydrogen-bond donors (Lipinski definition) is 2. The van der Waals surface area contributed by atoms with Crippen molar-refractivity contribution in [3.05, 3.63) is 0 Å². The molecule has 0 fully saturated rings. The number of rotatable bonds is 7. The number of unbranched alkanes of at least 4 members (excludes halogenated alkanes) is 1. The van der Waals surface area contributed by atoms with Gasteiger partial charge in [-0.15, -0.1) is 0 Å². The van der Waals surface area contributed by atoms with E-state index in [1.165, 1.54) is 7.11 Å². The molecule has 5 heteroatoms. The smallest absolute Gasteiger partial charge is 0.328 e. The highest BCUT2D eigenvalue weighted by molar-refractivity contribution is 5.83. The van der Waals surface area contributed by atoms with Crippen molar-refractivity contribution in [2.45, 2.75) is 32.2 Å². The Bertz CT molecular complexity index is 193. The number of carbonyl (C=O) groups excluding carboxylic acids is 1. The number of carbonyl (C=O) groups is 2. The maximum absolute atomic E-state index is 11.2. The monoisotopic (exact) mass is 203 g/mol. The topological polar surface area (TPSA) is 75.6 Å². The highest BCUT2D eigenvalue weighted by atomic mass is 16.5. The Kier molecular flexibility index (Phi) is 6.74. The molecule has 82 valence electrons. The Labute approximate surface area is 83.4 Å². The van der Waals surface area contributed by atoms with E-state index in [1.807, 2.05) is 6.92 Å². The lowest BCUT2D eigenvalue weighted by Crippen LogP contribution is -2.43. The summed E-state index contributed by atoms with van der Waals surface area (Å²) in [6.45, 7) is 1.96. The molecule has 1 atom stereocenters. The van der Waals surface area contributed by atoms with Gasteiger partial charge in [-0.2, -0.15) is 0 Å². The molecular formula is C9H17NO4. The molecule has 2 N–H and O–H groups in total. The third-order valence-corrected chi connectivity index (χ3v) is 1.72. The molecule has 1 amide bonds. The van der Waals surface area contributed by atoms with Crippen molar-refractivity contribution in [2.75, 3.05) is 13.7 Å². The van der Waals surface area contributed by atoms with Crippen molar-refractivity contribution < 1.29 is 19.4 Å². The minimum Gasteiger partial charge on any atom is -0.480 e. The first kappa shape index (κ1) is 12.9. The summed E-state index contributed by atoms with van der Waals surface area (Å²) in [7, 11) is 1.40. The van der Waals surface area contributed by atoms with Gasteiger partial charge in [-0.25, -0.2) is 4.79 Å². The van der Waals surface area contributed by atoms with E-state index in [0.717, 1.165) is 12.8 Å². The molecule has 0 saturated heterocycles. The number of nitrogens with one attached hydrogen (secondary N) is 1. The van der Waals surface area contributed by atoms with Crippen LogP contribution in [0, 0.1) is 0 Å². The lowest BCUT2D eigenvalue weighted by Gasteiger charge is -2.12. The molecule has 0 aliphatic carbocycles. The Balaban J connectivity index is 3.90. The molecule has 0 aromatic carbocycles. The number of amides is 1. The third-order valence-electron chi connectivity index (χ3n) is 1.72. The summed E-state index contributed by atoms with van der Waals surface area (Å²) in [4.78, 5) is 21.8. The van der Waals surface area contributed by atoms with E-state index in [2.05, 4.69) is 10.1 Å². The summed E-state index contributed by atoms with van der Waals surface area (Å²) < 4.78 is 4.68. The second-order valence-corrected chi connectivity index (χ2v) is 3.02. The van der Waals surface area contributed by atoms with E-state index in [-0.39, 0.29) is 12.5 Å². The Hall–Kier alpha value is -1.10. The molecular weight excluding hydrogens is 186 g/mol. The zero-order chi connectivity index (χ0) is 11.0. The van der Waals surface area contributed by atoms with Crippen molar-refractivity contribution >= 4 is 11.9 Å². The van der Waals surface area contributed by atoms with Gasteiger partial charge in [0.25, 0.3) is 0 Å².